The van der Waals surface area contributed by atoms with E-state index in [2.05, 4.69) is 10.1 Å². The van der Waals surface area contributed by atoms with Crippen LogP contribution in [0.1, 0.15) is 43.0 Å². The number of carbonyl (C=O) groups is 1. The minimum atomic E-state index is -0.368. The molecule has 1 aromatic carbocycles. The maximum absolute atomic E-state index is 12.2. The zero-order valence-electron chi connectivity index (χ0n) is 15.2. The molecule has 0 atom stereocenters. The summed E-state index contributed by atoms with van der Waals surface area (Å²) < 4.78 is 16.2. The monoisotopic (exact) mass is 372 g/mol. The van der Waals surface area contributed by atoms with Crippen molar-refractivity contribution in [2.45, 2.75) is 40.9 Å². The van der Waals surface area contributed by atoms with Gasteiger partial charge in [-0.15, -0.1) is 11.3 Å². The Bertz CT molecular complexity index is 893. The topological polar surface area (TPSA) is 74.5 Å². The molecule has 7 heteroatoms. The van der Waals surface area contributed by atoms with Crippen molar-refractivity contribution < 1.29 is 18.8 Å². The number of thiazole rings is 1. The molecule has 2 heterocycles. The molecule has 136 valence electrons. The number of aryl methyl sites for hydroxylation is 4. The summed E-state index contributed by atoms with van der Waals surface area (Å²) in [6.07, 6.45) is 0. The minimum Gasteiger partial charge on any atom is -0.489 e. The predicted octanol–water partition coefficient (Wildman–Crippen LogP) is 4.30. The maximum atomic E-state index is 12.2. The Balaban J connectivity index is 1.56. The summed E-state index contributed by atoms with van der Waals surface area (Å²) >= 11 is 1.54. The molecule has 0 bridgehead atoms. The highest BCUT2D eigenvalue weighted by molar-refractivity contribution is 7.11. The molecule has 0 spiro atoms. The zero-order chi connectivity index (χ0) is 18.7. The molecule has 3 aromatic rings. The average Bonchev–Trinajstić information content (AvgIpc) is 3.12. The highest BCUT2D eigenvalue weighted by Crippen LogP contribution is 2.20. The Hall–Kier alpha value is -2.67. The normalized spacial score (nSPS) is 10.8. The summed E-state index contributed by atoms with van der Waals surface area (Å²) in [5.41, 5.74) is 3.14. The van der Waals surface area contributed by atoms with E-state index in [4.69, 9.17) is 14.0 Å². The molecule has 0 aliphatic rings. The van der Waals surface area contributed by atoms with E-state index in [9.17, 15) is 4.79 Å². The summed E-state index contributed by atoms with van der Waals surface area (Å²) in [4.78, 5) is 17.5. The summed E-state index contributed by atoms with van der Waals surface area (Å²) in [6.45, 7) is 8.18. The number of carbonyl (C=O) groups excluding carboxylic acids is 1. The molecule has 0 N–H and O–H groups in total. The van der Waals surface area contributed by atoms with E-state index in [0.29, 0.717) is 17.9 Å². The van der Waals surface area contributed by atoms with E-state index in [1.54, 1.807) is 35.6 Å². The van der Waals surface area contributed by atoms with E-state index in [0.717, 1.165) is 32.6 Å². The lowest BCUT2D eigenvalue weighted by Gasteiger charge is -2.07. The molecule has 0 amide bonds. The van der Waals surface area contributed by atoms with Gasteiger partial charge in [0.1, 0.15) is 24.7 Å². The van der Waals surface area contributed by atoms with Crippen LogP contribution in [0.15, 0.2) is 28.8 Å². The van der Waals surface area contributed by atoms with Crippen LogP contribution < -0.4 is 4.74 Å². The molecule has 0 saturated heterocycles. The molecular weight excluding hydrogens is 352 g/mol. The van der Waals surface area contributed by atoms with Crippen molar-refractivity contribution in [2.75, 3.05) is 0 Å². The lowest BCUT2D eigenvalue weighted by Crippen LogP contribution is -2.05. The fourth-order valence-corrected chi connectivity index (χ4v) is 3.32. The first-order chi connectivity index (χ1) is 12.4. The first-order valence-corrected chi connectivity index (χ1v) is 9.00. The Labute approximate surface area is 155 Å². The molecule has 0 saturated carbocycles. The highest BCUT2D eigenvalue weighted by Gasteiger charge is 2.12. The van der Waals surface area contributed by atoms with Gasteiger partial charge in [0, 0.05) is 0 Å². The van der Waals surface area contributed by atoms with Gasteiger partial charge in [0.15, 0.2) is 0 Å². The second-order valence-electron chi connectivity index (χ2n) is 5.93. The van der Waals surface area contributed by atoms with E-state index in [1.165, 1.54) is 0 Å². The summed E-state index contributed by atoms with van der Waals surface area (Å²) in [7, 11) is 0. The van der Waals surface area contributed by atoms with Gasteiger partial charge in [-0.25, -0.2) is 9.78 Å². The number of aromatic nitrogens is 2. The fourth-order valence-electron chi connectivity index (χ4n) is 2.47. The van der Waals surface area contributed by atoms with Crippen LogP contribution in [0.3, 0.4) is 0 Å². The summed E-state index contributed by atoms with van der Waals surface area (Å²) in [5, 5.41) is 4.87. The third-order valence-electron chi connectivity index (χ3n) is 3.99. The molecule has 0 radical (unpaired) electrons. The Kier molecular flexibility index (Phi) is 5.37. The van der Waals surface area contributed by atoms with Crippen molar-refractivity contribution in [1.82, 2.24) is 10.1 Å². The van der Waals surface area contributed by atoms with Crippen LogP contribution in [0.4, 0.5) is 0 Å². The third kappa shape index (κ3) is 4.11. The van der Waals surface area contributed by atoms with Gasteiger partial charge in [-0.05, 0) is 52.0 Å². The van der Waals surface area contributed by atoms with Gasteiger partial charge in [0.25, 0.3) is 0 Å². The Morgan fingerprint density at radius 1 is 1.08 bits per heavy atom. The van der Waals surface area contributed by atoms with Gasteiger partial charge in [-0.1, -0.05) is 5.16 Å². The lowest BCUT2D eigenvalue weighted by atomic mass is 10.2. The summed E-state index contributed by atoms with van der Waals surface area (Å²) in [5.74, 6) is 1.04. The number of hydrogen-bond donors (Lipinski definition) is 0. The van der Waals surface area contributed by atoms with Gasteiger partial charge in [0.2, 0.25) is 0 Å². The molecule has 3 rings (SSSR count). The van der Waals surface area contributed by atoms with Crippen molar-refractivity contribution >= 4 is 17.3 Å². The van der Waals surface area contributed by atoms with Crippen molar-refractivity contribution in [3.05, 3.63) is 62.4 Å². The van der Waals surface area contributed by atoms with Gasteiger partial charge < -0.3 is 14.0 Å². The summed E-state index contributed by atoms with van der Waals surface area (Å²) in [6, 6.07) is 6.87. The van der Waals surface area contributed by atoms with Crippen LogP contribution >= 0.6 is 11.3 Å². The number of ether oxygens (including phenoxy) is 2. The second kappa shape index (κ2) is 7.70. The molecule has 0 unspecified atom stereocenters. The molecule has 26 heavy (non-hydrogen) atoms. The van der Waals surface area contributed by atoms with Gasteiger partial charge in [0.05, 0.1) is 32.4 Å². The van der Waals surface area contributed by atoms with Crippen molar-refractivity contribution in [3.8, 4) is 5.75 Å². The fraction of sp³-hybridized carbons (Fsp3) is 0.316. The number of esters is 1. The van der Waals surface area contributed by atoms with Crippen LogP contribution in [0.2, 0.25) is 0 Å². The number of benzene rings is 1. The molecular formula is C19H20N2O4S. The van der Waals surface area contributed by atoms with Crippen molar-refractivity contribution in [2.24, 2.45) is 0 Å². The average molecular weight is 372 g/mol. The van der Waals surface area contributed by atoms with Crippen LogP contribution in [-0.4, -0.2) is 16.1 Å². The largest absolute Gasteiger partial charge is 0.489 e. The van der Waals surface area contributed by atoms with Gasteiger partial charge in [-0.2, -0.15) is 0 Å². The standard InChI is InChI=1S/C19H20N2O4S/c1-11-17(13(3)25-21-11)9-23-16-7-5-15(6-8-16)19(22)24-10-18-12(2)20-14(4)26-18/h5-8H,9-10H2,1-4H3. The van der Waals surface area contributed by atoms with E-state index >= 15 is 0 Å². The lowest BCUT2D eigenvalue weighted by molar-refractivity contribution is 0.0476. The second-order valence-corrected chi connectivity index (χ2v) is 7.22. The van der Waals surface area contributed by atoms with Gasteiger partial charge in [-0.3, -0.25) is 0 Å². The number of hydrogen-bond acceptors (Lipinski definition) is 7. The molecule has 2 aromatic heterocycles. The minimum absolute atomic E-state index is 0.237. The van der Waals surface area contributed by atoms with Gasteiger partial charge >= 0.3 is 5.97 Å². The Morgan fingerprint density at radius 2 is 1.81 bits per heavy atom. The molecule has 6 nitrogen and oxygen atoms in total. The van der Waals surface area contributed by atoms with E-state index < -0.39 is 0 Å². The van der Waals surface area contributed by atoms with Crippen molar-refractivity contribution in [1.29, 1.82) is 0 Å². The third-order valence-corrected chi connectivity index (χ3v) is 5.03. The van der Waals surface area contributed by atoms with Crippen LogP contribution in [0.25, 0.3) is 0 Å². The van der Waals surface area contributed by atoms with Crippen LogP contribution in [0, 0.1) is 27.7 Å². The SMILES string of the molecule is Cc1nc(C)c(COC(=O)c2ccc(OCc3c(C)noc3C)cc2)s1. The van der Waals surface area contributed by atoms with Crippen LogP contribution in [-0.2, 0) is 18.0 Å². The van der Waals surface area contributed by atoms with Crippen molar-refractivity contribution in [3.63, 3.8) is 0 Å². The number of nitrogens with zero attached hydrogens (tertiary/aromatic N) is 2. The number of rotatable bonds is 6. The van der Waals surface area contributed by atoms with E-state index in [-0.39, 0.29) is 12.6 Å². The first kappa shape index (κ1) is 18.1. The molecule has 0 aliphatic carbocycles. The Morgan fingerprint density at radius 3 is 2.38 bits per heavy atom. The first-order valence-electron chi connectivity index (χ1n) is 8.18. The predicted molar refractivity (Wildman–Crippen MR) is 97.5 cm³/mol. The smallest absolute Gasteiger partial charge is 0.338 e. The van der Waals surface area contributed by atoms with E-state index in [1.807, 2.05) is 27.7 Å². The quantitative estimate of drug-likeness (QED) is 0.601. The molecule has 0 fully saturated rings. The molecule has 0 aliphatic heterocycles. The highest BCUT2D eigenvalue weighted by atomic mass is 32.1. The zero-order valence-corrected chi connectivity index (χ0v) is 16.0. The maximum Gasteiger partial charge on any atom is 0.338 e. The van der Waals surface area contributed by atoms with Crippen LogP contribution in [0.5, 0.6) is 5.75 Å².